The first-order valence-electron chi connectivity index (χ1n) is 9.75. The van der Waals surface area contributed by atoms with Gasteiger partial charge >= 0.3 is 0 Å². The maximum atomic E-state index is 8.26. The van der Waals surface area contributed by atoms with Gasteiger partial charge in [0, 0.05) is 11.2 Å². The minimum absolute atomic E-state index is 0.0899. The molecule has 0 bridgehead atoms. The molecule has 0 amide bonds. The molecular formula is C25H27BrN2. The molecule has 0 aliphatic carbocycles. The Morgan fingerprint density at radius 3 is 1.57 bits per heavy atom. The van der Waals surface area contributed by atoms with Crippen molar-refractivity contribution in [2.24, 2.45) is 5.73 Å². The van der Waals surface area contributed by atoms with E-state index in [0.717, 1.165) is 23.7 Å². The topological polar surface area (TPSA) is 49.9 Å². The molecule has 0 aliphatic heterocycles. The van der Waals surface area contributed by atoms with Gasteiger partial charge in [0.15, 0.2) is 0 Å². The van der Waals surface area contributed by atoms with Gasteiger partial charge in [-0.3, -0.25) is 5.41 Å². The minimum atomic E-state index is -0.0899. The maximum absolute atomic E-state index is 8.26. The lowest BCUT2D eigenvalue weighted by Crippen LogP contribution is -2.25. The lowest BCUT2D eigenvalue weighted by atomic mass is 9.74. The first-order valence-corrected chi connectivity index (χ1v) is 10.9. The monoisotopic (exact) mass is 434 g/mol. The molecular weight excluding hydrogens is 408 g/mol. The highest BCUT2D eigenvalue weighted by Crippen LogP contribution is 2.42. The fraction of sp³-hybridized carbons (Fsp3) is 0.240. The Kier molecular flexibility index (Phi) is 7.44. The Hall–Kier alpha value is -2.39. The molecule has 3 rings (SSSR count). The zero-order valence-electron chi connectivity index (χ0n) is 16.0. The molecule has 3 aromatic rings. The first-order chi connectivity index (χ1) is 13.7. The molecule has 0 fully saturated rings. The standard InChI is InChI=1S/C25H27BrN2/c26-17-16-22(19-10-4-1-5-11-19)23(20-12-6-2-7-13-20)18-24(25(27)28)21-14-8-3-9-15-21/h1-15,22-24H,16-18H2,(H3,27,28). The van der Waals surface area contributed by atoms with Crippen molar-refractivity contribution < 1.29 is 0 Å². The molecule has 0 spiro atoms. The average Bonchev–Trinajstić information content (AvgIpc) is 2.75. The van der Waals surface area contributed by atoms with Crippen LogP contribution in [0, 0.1) is 5.41 Å². The molecule has 2 nitrogen and oxygen atoms in total. The molecule has 0 saturated carbocycles. The molecule has 0 aromatic heterocycles. The van der Waals surface area contributed by atoms with Crippen molar-refractivity contribution in [1.82, 2.24) is 0 Å². The Labute approximate surface area is 176 Å². The molecule has 0 aliphatic rings. The van der Waals surface area contributed by atoms with Crippen LogP contribution in [0.1, 0.15) is 47.3 Å². The number of nitrogens with two attached hydrogens (primary N) is 1. The zero-order chi connectivity index (χ0) is 19.8. The summed E-state index contributed by atoms with van der Waals surface area (Å²) < 4.78 is 0. The van der Waals surface area contributed by atoms with Gasteiger partial charge in [-0.05, 0) is 41.4 Å². The third-order valence-electron chi connectivity index (χ3n) is 5.43. The van der Waals surface area contributed by atoms with Crippen LogP contribution in [0.3, 0.4) is 0 Å². The van der Waals surface area contributed by atoms with Gasteiger partial charge in [0.2, 0.25) is 0 Å². The van der Waals surface area contributed by atoms with Crippen molar-refractivity contribution in [3.05, 3.63) is 108 Å². The van der Waals surface area contributed by atoms with Crippen LogP contribution >= 0.6 is 15.9 Å². The van der Waals surface area contributed by atoms with Gasteiger partial charge in [0.25, 0.3) is 0 Å². The summed E-state index contributed by atoms with van der Waals surface area (Å²) in [7, 11) is 0. The molecule has 3 N–H and O–H groups in total. The van der Waals surface area contributed by atoms with Crippen LogP contribution in [0.25, 0.3) is 0 Å². The van der Waals surface area contributed by atoms with Crippen LogP contribution in [-0.4, -0.2) is 11.2 Å². The zero-order valence-corrected chi connectivity index (χ0v) is 17.6. The summed E-state index contributed by atoms with van der Waals surface area (Å²) in [4.78, 5) is 0. The number of hydrogen-bond donors (Lipinski definition) is 2. The fourth-order valence-corrected chi connectivity index (χ4v) is 4.53. The lowest BCUT2D eigenvalue weighted by molar-refractivity contribution is 0.483. The van der Waals surface area contributed by atoms with E-state index in [1.807, 2.05) is 18.2 Å². The van der Waals surface area contributed by atoms with E-state index in [1.165, 1.54) is 11.1 Å². The summed E-state index contributed by atoms with van der Waals surface area (Å²) in [5.41, 5.74) is 9.84. The number of hydrogen-bond acceptors (Lipinski definition) is 1. The minimum Gasteiger partial charge on any atom is -0.387 e. The quantitative estimate of drug-likeness (QED) is 0.227. The average molecular weight is 435 g/mol. The Bertz CT molecular complexity index is 849. The van der Waals surface area contributed by atoms with Crippen molar-refractivity contribution in [2.45, 2.75) is 30.6 Å². The number of halogens is 1. The maximum Gasteiger partial charge on any atom is 0.0982 e. The summed E-state index contributed by atoms with van der Waals surface area (Å²) >= 11 is 3.66. The van der Waals surface area contributed by atoms with E-state index in [9.17, 15) is 0 Å². The van der Waals surface area contributed by atoms with E-state index in [-0.39, 0.29) is 17.7 Å². The second-order valence-electron chi connectivity index (χ2n) is 7.17. The Morgan fingerprint density at radius 1 is 0.714 bits per heavy atom. The third kappa shape index (κ3) is 5.11. The van der Waals surface area contributed by atoms with Crippen LogP contribution in [0.4, 0.5) is 0 Å². The van der Waals surface area contributed by atoms with Crippen molar-refractivity contribution >= 4 is 21.8 Å². The van der Waals surface area contributed by atoms with Gasteiger partial charge in [0.05, 0.1) is 5.84 Å². The molecule has 144 valence electrons. The Morgan fingerprint density at radius 2 is 1.14 bits per heavy atom. The second kappa shape index (κ2) is 10.2. The van der Waals surface area contributed by atoms with Gasteiger partial charge in [-0.1, -0.05) is 107 Å². The number of rotatable bonds is 9. The number of nitrogens with one attached hydrogen (secondary N) is 1. The largest absolute Gasteiger partial charge is 0.387 e. The number of alkyl halides is 1. The van der Waals surface area contributed by atoms with Crippen LogP contribution in [0.15, 0.2) is 91.0 Å². The highest BCUT2D eigenvalue weighted by Gasteiger charge is 2.29. The first kappa shape index (κ1) is 20.3. The molecule has 3 heteroatoms. The van der Waals surface area contributed by atoms with Gasteiger partial charge in [-0.15, -0.1) is 0 Å². The second-order valence-corrected chi connectivity index (χ2v) is 7.96. The molecule has 3 atom stereocenters. The van der Waals surface area contributed by atoms with Crippen LogP contribution in [0.2, 0.25) is 0 Å². The number of benzene rings is 3. The summed E-state index contributed by atoms with van der Waals surface area (Å²) in [6, 6.07) is 31.6. The number of amidine groups is 1. The summed E-state index contributed by atoms with van der Waals surface area (Å²) in [6.45, 7) is 0. The van der Waals surface area contributed by atoms with Crippen LogP contribution in [-0.2, 0) is 0 Å². The molecule has 3 aromatic carbocycles. The summed E-state index contributed by atoms with van der Waals surface area (Å²) in [5.74, 6) is 0.773. The van der Waals surface area contributed by atoms with Crippen LogP contribution in [0.5, 0.6) is 0 Å². The van der Waals surface area contributed by atoms with Crippen molar-refractivity contribution in [3.63, 3.8) is 0 Å². The van der Waals surface area contributed by atoms with E-state index in [2.05, 4.69) is 88.7 Å². The summed E-state index contributed by atoms with van der Waals surface area (Å²) in [5, 5.41) is 9.20. The molecule has 0 heterocycles. The highest BCUT2D eigenvalue weighted by atomic mass is 79.9. The lowest BCUT2D eigenvalue weighted by Gasteiger charge is -2.31. The third-order valence-corrected chi connectivity index (χ3v) is 5.89. The van der Waals surface area contributed by atoms with Gasteiger partial charge < -0.3 is 5.73 Å². The van der Waals surface area contributed by atoms with Gasteiger partial charge in [-0.25, -0.2) is 0 Å². The predicted molar refractivity (Wildman–Crippen MR) is 122 cm³/mol. The van der Waals surface area contributed by atoms with Crippen molar-refractivity contribution in [2.75, 3.05) is 5.33 Å². The SMILES string of the molecule is N=C(N)C(CC(c1ccccc1)C(CCBr)c1ccccc1)c1ccccc1. The van der Waals surface area contributed by atoms with E-state index in [1.54, 1.807) is 0 Å². The van der Waals surface area contributed by atoms with Crippen molar-refractivity contribution in [1.29, 1.82) is 5.41 Å². The highest BCUT2D eigenvalue weighted by molar-refractivity contribution is 9.09. The summed E-state index contributed by atoms with van der Waals surface area (Å²) in [6.07, 6.45) is 1.85. The molecule has 28 heavy (non-hydrogen) atoms. The van der Waals surface area contributed by atoms with Gasteiger partial charge in [-0.2, -0.15) is 0 Å². The normalized spacial score (nSPS) is 14.2. The predicted octanol–water partition coefficient (Wildman–Crippen LogP) is 6.45. The molecule has 0 radical (unpaired) electrons. The van der Waals surface area contributed by atoms with E-state index >= 15 is 0 Å². The smallest absolute Gasteiger partial charge is 0.0982 e. The fourth-order valence-electron chi connectivity index (χ4n) is 4.03. The van der Waals surface area contributed by atoms with E-state index < -0.39 is 0 Å². The van der Waals surface area contributed by atoms with Crippen molar-refractivity contribution in [3.8, 4) is 0 Å². The van der Waals surface area contributed by atoms with Gasteiger partial charge in [0.1, 0.15) is 0 Å². The van der Waals surface area contributed by atoms with E-state index in [0.29, 0.717) is 5.92 Å². The molecule has 3 unspecified atom stereocenters. The van der Waals surface area contributed by atoms with E-state index in [4.69, 9.17) is 11.1 Å². The Balaban J connectivity index is 2.02. The van der Waals surface area contributed by atoms with Crippen LogP contribution < -0.4 is 5.73 Å². The molecule has 0 saturated heterocycles.